The Hall–Kier alpha value is -1.36. The standard InChI is InChI=1S/C10H16O5/c1-8(2)10(12)15-5-4-9(11)14-7-6-13-3/h1,4-7H2,2-3H3. The molecule has 0 aliphatic heterocycles. The monoisotopic (exact) mass is 216 g/mol. The summed E-state index contributed by atoms with van der Waals surface area (Å²) in [7, 11) is 1.52. The van der Waals surface area contributed by atoms with E-state index in [0.29, 0.717) is 12.2 Å². The molecule has 0 aliphatic rings. The van der Waals surface area contributed by atoms with Gasteiger partial charge in [0.1, 0.15) is 13.2 Å². The van der Waals surface area contributed by atoms with Crippen molar-refractivity contribution in [3.8, 4) is 0 Å². The van der Waals surface area contributed by atoms with Crippen molar-refractivity contribution in [3.63, 3.8) is 0 Å². The van der Waals surface area contributed by atoms with Crippen molar-refractivity contribution in [2.75, 3.05) is 26.9 Å². The molecule has 0 amide bonds. The lowest BCUT2D eigenvalue weighted by Crippen LogP contribution is -2.14. The maximum absolute atomic E-state index is 11.0. The summed E-state index contributed by atoms with van der Waals surface area (Å²) in [4.78, 5) is 21.9. The van der Waals surface area contributed by atoms with E-state index in [9.17, 15) is 9.59 Å². The second-order valence-corrected chi connectivity index (χ2v) is 2.88. The molecule has 15 heavy (non-hydrogen) atoms. The minimum Gasteiger partial charge on any atom is -0.463 e. The Morgan fingerprint density at radius 1 is 1.13 bits per heavy atom. The molecular formula is C10H16O5. The highest BCUT2D eigenvalue weighted by molar-refractivity contribution is 5.87. The smallest absolute Gasteiger partial charge is 0.333 e. The second kappa shape index (κ2) is 7.99. The van der Waals surface area contributed by atoms with Crippen LogP contribution in [0.15, 0.2) is 12.2 Å². The van der Waals surface area contributed by atoms with E-state index in [0.717, 1.165) is 0 Å². The van der Waals surface area contributed by atoms with Crippen LogP contribution in [0.1, 0.15) is 13.3 Å². The van der Waals surface area contributed by atoms with Crippen LogP contribution < -0.4 is 0 Å². The van der Waals surface area contributed by atoms with Crippen LogP contribution >= 0.6 is 0 Å². The fourth-order valence-electron chi connectivity index (χ4n) is 0.661. The first-order valence-electron chi connectivity index (χ1n) is 4.55. The predicted molar refractivity (Wildman–Crippen MR) is 53.2 cm³/mol. The van der Waals surface area contributed by atoms with Crippen molar-refractivity contribution < 1.29 is 23.8 Å². The molecule has 0 saturated heterocycles. The van der Waals surface area contributed by atoms with Gasteiger partial charge >= 0.3 is 11.9 Å². The van der Waals surface area contributed by atoms with Crippen LogP contribution in [-0.4, -0.2) is 38.9 Å². The molecule has 0 heterocycles. The SMILES string of the molecule is C=C(C)C(=O)OCCC(=O)OCCOC. The van der Waals surface area contributed by atoms with Gasteiger partial charge < -0.3 is 14.2 Å². The van der Waals surface area contributed by atoms with Gasteiger partial charge in [0.25, 0.3) is 0 Å². The summed E-state index contributed by atoms with van der Waals surface area (Å²) in [6, 6.07) is 0. The van der Waals surface area contributed by atoms with Crippen molar-refractivity contribution in [2.24, 2.45) is 0 Å². The number of rotatable bonds is 7. The third-order valence-electron chi connectivity index (χ3n) is 1.44. The quantitative estimate of drug-likeness (QED) is 0.356. The lowest BCUT2D eigenvalue weighted by molar-refractivity contribution is -0.148. The summed E-state index contributed by atoms with van der Waals surface area (Å²) in [6.45, 7) is 5.53. The zero-order valence-electron chi connectivity index (χ0n) is 9.08. The molecule has 0 rings (SSSR count). The first-order chi connectivity index (χ1) is 7.07. The number of methoxy groups -OCH3 is 1. The highest BCUT2D eigenvalue weighted by atomic mass is 16.6. The van der Waals surface area contributed by atoms with Gasteiger partial charge in [-0.2, -0.15) is 0 Å². The molecule has 5 heteroatoms. The first-order valence-corrected chi connectivity index (χ1v) is 4.55. The van der Waals surface area contributed by atoms with Gasteiger partial charge in [0.05, 0.1) is 13.0 Å². The molecule has 0 atom stereocenters. The number of hydrogen-bond acceptors (Lipinski definition) is 5. The van der Waals surface area contributed by atoms with Crippen LogP contribution in [0.3, 0.4) is 0 Å². The van der Waals surface area contributed by atoms with Crippen molar-refractivity contribution in [1.29, 1.82) is 0 Å². The third kappa shape index (κ3) is 7.69. The van der Waals surface area contributed by atoms with Crippen molar-refractivity contribution in [3.05, 3.63) is 12.2 Å². The molecule has 0 saturated carbocycles. The maximum atomic E-state index is 11.0. The van der Waals surface area contributed by atoms with E-state index in [1.165, 1.54) is 7.11 Å². The van der Waals surface area contributed by atoms with Gasteiger partial charge in [0.2, 0.25) is 0 Å². The van der Waals surface area contributed by atoms with Gasteiger partial charge in [-0.1, -0.05) is 6.58 Å². The van der Waals surface area contributed by atoms with Gasteiger partial charge in [-0.15, -0.1) is 0 Å². The normalized spacial score (nSPS) is 9.47. The zero-order chi connectivity index (χ0) is 11.7. The zero-order valence-corrected chi connectivity index (χ0v) is 9.08. The highest BCUT2D eigenvalue weighted by Crippen LogP contribution is 1.94. The van der Waals surface area contributed by atoms with Crippen LogP contribution in [0.25, 0.3) is 0 Å². The minimum atomic E-state index is -0.500. The molecule has 0 fully saturated rings. The van der Waals surface area contributed by atoms with Crippen LogP contribution in [0, 0.1) is 0 Å². The Bertz CT molecular complexity index is 234. The molecular weight excluding hydrogens is 200 g/mol. The average Bonchev–Trinajstić information content (AvgIpc) is 2.18. The van der Waals surface area contributed by atoms with Gasteiger partial charge in [-0.3, -0.25) is 4.79 Å². The van der Waals surface area contributed by atoms with Gasteiger partial charge in [-0.25, -0.2) is 4.79 Å². The average molecular weight is 216 g/mol. The summed E-state index contributed by atoms with van der Waals surface area (Å²) in [6.07, 6.45) is 0.0444. The molecule has 0 aromatic rings. The van der Waals surface area contributed by atoms with E-state index < -0.39 is 11.9 Å². The van der Waals surface area contributed by atoms with Crippen molar-refractivity contribution in [2.45, 2.75) is 13.3 Å². The van der Waals surface area contributed by atoms with Crippen LogP contribution in [0.2, 0.25) is 0 Å². The largest absolute Gasteiger partial charge is 0.463 e. The van der Waals surface area contributed by atoms with Gasteiger partial charge in [0.15, 0.2) is 0 Å². The second-order valence-electron chi connectivity index (χ2n) is 2.88. The first kappa shape index (κ1) is 13.6. The molecule has 0 aromatic heterocycles. The third-order valence-corrected chi connectivity index (χ3v) is 1.44. The van der Waals surface area contributed by atoms with Crippen LogP contribution in [-0.2, 0) is 23.8 Å². The lowest BCUT2D eigenvalue weighted by Gasteiger charge is -2.05. The fourth-order valence-corrected chi connectivity index (χ4v) is 0.661. The number of hydrogen-bond donors (Lipinski definition) is 0. The number of carbonyl (C=O) groups is 2. The predicted octanol–water partition coefficient (Wildman–Crippen LogP) is 0.685. The molecule has 0 aliphatic carbocycles. The highest BCUT2D eigenvalue weighted by Gasteiger charge is 2.06. The molecule has 5 nitrogen and oxygen atoms in total. The Balaban J connectivity index is 3.47. The van der Waals surface area contributed by atoms with Crippen molar-refractivity contribution >= 4 is 11.9 Å². The Labute approximate surface area is 89.0 Å². The fraction of sp³-hybridized carbons (Fsp3) is 0.600. The molecule has 0 N–H and O–H groups in total. The summed E-state index contributed by atoms with van der Waals surface area (Å²) in [5, 5.41) is 0. The molecule has 0 radical (unpaired) electrons. The van der Waals surface area contributed by atoms with Crippen LogP contribution in [0.5, 0.6) is 0 Å². The molecule has 0 spiro atoms. The maximum Gasteiger partial charge on any atom is 0.333 e. The van der Waals surface area contributed by atoms with E-state index in [4.69, 9.17) is 14.2 Å². The summed E-state index contributed by atoms with van der Waals surface area (Å²) >= 11 is 0. The number of carbonyl (C=O) groups excluding carboxylic acids is 2. The van der Waals surface area contributed by atoms with E-state index >= 15 is 0 Å². The summed E-state index contributed by atoms with van der Waals surface area (Å²) in [5.41, 5.74) is 0.308. The van der Waals surface area contributed by atoms with Crippen LogP contribution in [0.4, 0.5) is 0 Å². The molecule has 86 valence electrons. The van der Waals surface area contributed by atoms with E-state index in [-0.39, 0.29) is 19.6 Å². The summed E-state index contributed by atoms with van der Waals surface area (Å²) < 4.78 is 14.1. The van der Waals surface area contributed by atoms with Gasteiger partial charge in [0, 0.05) is 12.7 Å². The number of ether oxygens (including phenoxy) is 3. The molecule has 0 aromatic carbocycles. The Morgan fingerprint density at radius 2 is 1.80 bits per heavy atom. The Morgan fingerprint density at radius 3 is 2.33 bits per heavy atom. The number of esters is 2. The van der Waals surface area contributed by atoms with E-state index in [2.05, 4.69) is 6.58 Å². The minimum absolute atomic E-state index is 0.0114. The van der Waals surface area contributed by atoms with E-state index in [1.54, 1.807) is 6.92 Å². The van der Waals surface area contributed by atoms with Crippen molar-refractivity contribution in [1.82, 2.24) is 0 Å². The van der Waals surface area contributed by atoms with Gasteiger partial charge in [-0.05, 0) is 6.92 Å². The molecule has 0 bridgehead atoms. The summed E-state index contributed by atoms with van der Waals surface area (Å²) in [5.74, 6) is -0.916. The molecule has 0 unspecified atom stereocenters. The Kier molecular flexibility index (Phi) is 7.27. The lowest BCUT2D eigenvalue weighted by atomic mass is 10.4. The van der Waals surface area contributed by atoms with E-state index in [1.807, 2.05) is 0 Å². The topological polar surface area (TPSA) is 61.8 Å².